The summed E-state index contributed by atoms with van der Waals surface area (Å²) in [6, 6.07) is 7.18. The highest BCUT2D eigenvalue weighted by Crippen LogP contribution is 2.30. The maximum absolute atomic E-state index is 11.9. The van der Waals surface area contributed by atoms with E-state index in [4.69, 9.17) is 4.74 Å². The molecule has 1 aromatic rings. The van der Waals surface area contributed by atoms with Crippen molar-refractivity contribution in [2.24, 2.45) is 0 Å². The molecule has 0 amide bonds. The molecular weight excluding hydrogens is 240 g/mol. The lowest BCUT2D eigenvalue weighted by atomic mass is 10.3. The molecule has 0 atom stereocenters. The molecule has 1 saturated heterocycles. The fourth-order valence-electron chi connectivity index (χ4n) is 1.81. The predicted octanol–water partition coefficient (Wildman–Crippen LogP) is 1.13. The van der Waals surface area contributed by atoms with E-state index in [0.717, 1.165) is 6.42 Å². The van der Waals surface area contributed by atoms with Gasteiger partial charge in [-0.1, -0.05) is 12.1 Å². The van der Waals surface area contributed by atoms with Crippen LogP contribution >= 0.6 is 0 Å². The van der Waals surface area contributed by atoms with Gasteiger partial charge in [0.2, 0.25) is 0 Å². The van der Waals surface area contributed by atoms with E-state index >= 15 is 0 Å². The molecule has 5 nitrogen and oxygen atoms in total. The Morgan fingerprint density at radius 3 is 2.88 bits per heavy atom. The standard InChI is InChI=1S/C11H16N2O3S/c1-2-16-11-7-4-3-6-10(11)13-9-5-8-12-17(13,14)15/h3-4,6-7,12H,2,5,8-9H2,1H3. The zero-order chi connectivity index (χ0) is 12.3. The topological polar surface area (TPSA) is 58.6 Å². The number of ether oxygens (including phenoxy) is 1. The van der Waals surface area contributed by atoms with E-state index in [1.807, 2.05) is 19.1 Å². The highest BCUT2D eigenvalue weighted by Gasteiger charge is 2.27. The second kappa shape index (κ2) is 4.93. The molecule has 17 heavy (non-hydrogen) atoms. The fourth-order valence-corrected chi connectivity index (χ4v) is 3.15. The van der Waals surface area contributed by atoms with Gasteiger partial charge in [0.1, 0.15) is 5.75 Å². The molecule has 0 aliphatic carbocycles. The molecule has 0 aromatic heterocycles. The molecule has 1 N–H and O–H groups in total. The van der Waals surface area contributed by atoms with Crippen molar-refractivity contribution >= 4 is 15.9 Å². The maximum atomic E-state index is 11.9. The predicted molar refractivity (Wildman–Crippen MR) is 66.5 cm³/mol. The molecule has 0 unspecified atom stereocenters. The van der Waals surface area contributed by atoms with Gasteiger partial charge < -0.3 is 4.74 Å². The molecule has 94 valence electrons. The van der Waals surface area contributed by atoms with Gasteiger partial charge >= 0.3 is 10.2 Å². The van der Waals surface area contributed by atoms with Gasteiger partial charge in [-0.3, -0.25) is 4.31 Å². The molecule has 0 bridgehead atoms. The van der Waals surface area contributed by atoms with Crippen LogP contribution in [0.2, 0.25) is 0 Å². The lowest BCUT2D eigenvalue weighted by Crippen LogP contribution is -2.47. The first-order chi connectivity index (χ1) is 8.15. The fraction of sp³-hybridized carbons (Fsp3) is 0.455. The highest BCUT2D eigenvalue weighted by atomic mass is 32.2. The monoisotopic (exact) mass is 256 g/mol. The van der Waals surface area contributed by atoms with E-state index < -0.39 is 10.2 Å². The number of benzene rings is 1. The van der Waals surface area contributed by atoms with Crippen LogP contribution in [0, 0.1) is 0 Å². The molecular formula is C11H16N2O3S. The second-order valence-electron chi connectivity index (χ2n) is 3.73. The second-order valence-corrected chi connectivity index (χ2v) is 5.41. The summed E-state index contributed by atoms with van der Waals surface area (Å²) in [6.45, 7) is 3.37. The van der Waals surface area contributed by atoms with Gasteiger partial charge in [0.05, 0.1) is 12.3 Å². The average Bonchev–Trinajstić information content (AvgIpc) is 2.30. The smallest absolute Gasteiger partial charge is 0.301 e. The number of para-hydroxylation sites is 2. The number of anilines is 1. The van der Waals surface area contributed by atoms with Crippen molar-refractivity contribution in [2.45, 2.75) is 13.3 Å². The van der Waals surface area contributed by atoms with Crippen LogP contribution in [0.1, 0.15) is 13.3 Å². The van der Waals surface area contributed by atoms with Crippen molar-refractivity contribution in [1.82, 2.24) is 4.72 Å². The van der Waals surface area contributed by atoms with E-state index in [-0.39, 0.29) is 0 Å². The summed E-state index contributed by atoms with van der Waals surface area (Å²) >= 11 is 0. The van der Waals surface area contributed by atoms with Crippen LogP contribution in [0.15, 0.2) is 24.3 Å². The van der Waals surface area contributed by atoms with Crippen LogP contribution in [0.4, 0.5) is 5.69 Å². The van der Waals surface area contributed by atoms with E-state index in [2.05, 4.69) is 4.72 Å². The first kappa shape index (κ1) is 12.2. The molecule has 0 saturated carbocycles. The Labute approximate surface area is 102 Å². The first-order valence-corrected chi connectivity index (χ1v) is 7.08. The third-order valence-corrected chi connectivity index (χ3v) is 4.07. The van der Waals surface area contributed by atoms with Crippen LogP contribution < -0.4 is 13.8 Å². The van der Waals surface area contributed by atoms with Crippen LogP contribution in [0.5, 0.6) is 5.75 Å². The molecule has 2 rings (SSSR count). The Kier molecular flexibility index (Phi) is 3.54. The largest absolute Gasteiger partial charge is 0.492 e. The Morgan fingerprint density at radius 2 is 2.18 bits per heavy atom. The van der Waals surface area contributed by atoms with Gasteiger partial charge in [-0.25, -0.2) is 0 Å². The van der Waals surface area contributed by atoms with Crippen molar-refractivity contribution < 1.29 is 13.2 Å². The Morgan fingerprint density at radius 1 is 1.41 bits per heavy atom. The highest BCUT2D eigenvalue weighted by molar-refractivity contribution is 7.90. The van der Waals surface area contributed by atoms with Crippen LogP contribution in [0.3, 0.4) is 0 Å². The number of nitrogens with one attached hydrogen (secondary N) is 1. The minimum absolute atomic E-state index is 0.486. The summed E-state index contributed by atoms with van der Waals surface area (Å²) in [4.78, 5) is 0. The van der Waals surface area contributed by atoms with Crippen molar-refractivity contribution in [3.8, 4) is 5.75 Å². The molecule has 1 aliphatic heterocycles. The summed E-state index contributed by atoms with van der Waals surface area (Å²) in [5.41, 5.74) is 0.599. The van der Waals surface area contributed by atoms with Crippen LogP contribution in [0.25, 0.3) is 0 Å². The van der Waals surface area contributed by atoms with Crippen molar-refractivity contribution in [1.29, 1.82) is 0 Å². The van der Waals surface area contributed by atoms with Gasteiger partial charge in [-0.2, -0.15) is 13.1 Å². The Hall–Kier alpha value is -1.27. The van der Waals surface area contributed by atoms with Crippen LogP contribution in [-0.4, -0.2) is 28.1 Å². The molecule has 0 spiro atoms. The van der Waals surface area contributed by atoms with Gasteiger partial charge in [0, 0.05) is 13.1 Å². The number of nitrogens with zero attached hydrogens (tertiary/aromatic N) is 1. The van der Waals surface area contributed by atoms with Crippen LogP contribution in [-0.2, 0) is 10.2 Å². The molecule has 1 fully saturated rings. The van der Waals surface area contributed by atoms with Gasteiger partial charge in [-0.15, -0.1) is 0 Å². The lowest BCUT2D eigenvalue weighted by Gasteiger charge is -2.29. The zero-order valence-corrected chi connectivity index (χ0v) is 10.5. The summed E-state index contributed by atoms with van der Waals surface area (Å²) in [5, 5.41) is 0. The zero-order valence-electron chi connectivity index (χ0n) is 9.72. The summed E-state index contributed by atoms with van der Waals surface area (Å²) in [7, 11) is -3.41. The lowest BCUT2D eigenvalue weighted by molar-refractivity contribution is 0.341. The Balaban J connectivity index is 2.38. The third kappa shape index (κ3) is 2.53. The summed E-state index contributed by atoms with van der Waals surface area (Å²) < 4.78 is 33.1. The number of rotatable bonds is 3. The van der Waals surface area contributed by atoms with Gasteiger partial charge in [0.15, 0.2) is 0 Å². The van der Waals surface area contributed by atoms with Gasteiger partial charge in [0.25, 0.3) is 0 Å². The minimum atomic E-state index is -3.41. The summed E-state index contributed by atoms with van der Waals surface area (Å²) in [5.74, 6) is 0.599. The van der Waals surface area contributed by atoms with E-state index in [1.165, 1.54) is 4.31 Å². The van der Waals surface area contributed by atoms with Crippen molar-refractivity contribution in [3.63, 3.8) is 0 Å². The van der Waals surface area contributed by atoms with Crippen molar-refractivity contribution in [2.75, 3.05) is 24.0 Å². The molecule has 0 radical (unpaired) electrons. The molecule has 1 aliphatic rings. The van der Waals surface area contributed by atoms with E-state index in [9.17, 15) is 8.42 Å². The normalized spacial score (nSPS) is 19.0. The Bertz CT molecular complexity index is 487. The quantitative estimate of drug-likeness (QED) is 0.882. The number of hydrogen-bond donors (Lipinski definition) is 1. The first-order valence-electron chi connectivity index (χ1n) is 5.64. The number of hydrogen-bond acceptors (Lipinski definition) is 3. The maximum Gasteiger partial charge on any atom is 0.301 e. The molecule has 1 heterocycles. The molecule has 6 heteroatoms. The van der Waals surface area contributed by atoms with E-state index in [1.54, 1.807) is 12.1 Å². The third-order valence-electron chi connectivity index (χ3n) is 2.55. The van der Waals surface area contributed by atoms with Gasteiger partial charge in [-0.05, 0) is 25.5 Å². The SMILES string of the molecule is CCOc1ccccc1N1CCCNS1(=O)=O. The summed E-state index contributed by atoms with van der Waals surface area (Å²) in [6.07, 6.45) is 0.791. The van der Waals surface area contributed by atoms with E-state index in [0.29, 0.717) is 31.1 Å². The molecule has 1 aromatic carbocycles. The van der Waals surface area contributed by atoms with Crippen molar-refractivity contribution in [3.05, 3.63) is 24.3 Å². The minimum Gasteiger partial charge on any atom is -0.492 e. The average molecular weight is 256 g/mol.